The maximum absolute atomic E-state index is 12.7. The number of hydrogen-bond donors (Lipinski definition) is 0. The van der Waals surface area contributed by atoms with Crippen LogP contribution in [0.2, 0.25) is 18.1 Å². The fraction of sp³-hybridized carbons (Fsp3) is 0.632. The molecule has 2 nitrogen and oxygen atoms in total. The third-order valence-electron chi connectivity index (χ3n) is 6.20. The molecule has 3 aliphatic carbocycles. The lowest BCUT2D eigenvalue weighted by atomic mass is 9.34. The molecule has 3 heteroatoms. The van der Waals surface area contributed by atoms with E-state index in [-0.39, 0.29) is 10.5 Å². The number of ketones is 1. The average molecular weight is 317 g/mol. The third kappa shape index (κ3) is 2.39. The highest BCUT2D eigenvalue weighted by atomic mass is 28.4. The lowest BCUT2D eigenvalue weighted by molar-refractivity contribution is -0.187. The second-order valence-corrected chi connectivity index (χ2v) is 13.9. The summed E-state index contributed by atoms with van der Waals surface area (Å²) in [5.41, 5.74) is 1.12. The minimum Gasteiger partial charge on any atom is -0.416 e. The first-order valence-electron chi connectivity index (χ1n) is 8.33. The van der Waals surface area contributed by atoms with Crippen molar-refractivity contribution >= 4 is 14.1 Å². The Kier molecular flexibility index (Phi) is 3.46. The molecular weight excluding hydrogens is 288 g/mol. The van der Waals surface area contributed by atoms with E-state index in [0.717, 1.165) is 31.4 Å². The van der Waals surface area contributed by atoms with Crippen LogP contribution in [-0.2, 0) is 4.43 Å². The molecule has 3 aliphatic rings. The zero-order chi connectivity index (χ0) is 16.2. The van der Waals surface area contributed by atoms with Crippen LogP contribution in [0.5, 0.6) is 0 Å². The van der Waals surface area contributed by atoms with Gasteiger partial charge in [0.15, 0.2) is 14.1 Å². The van der Waals surface area contributed by atoms with Crippen molar-refractivity contribution in [3.05, 3.63) is 35.9 Å². The van der Waals surface area contributed by atoms with Crippen LogP contribution in [-0.4, -0.2) is 20.7 Å². The highest BCUT2D eigenvalue weighted by Crippen LogP contribution is 2.74. The first kappa shape index (κ1) is 15.9. The Morgan fingerprint density at radius 1 is 1.14 bits per heavy atom. The second kappa shape index (κ2) is 4.78. The van der Waals surface area contributed by atoms with E-state index in [4.69, 9.17) is 4.43 Å². The van der Waals surface area contributed by atoms with Crippen LogP contribution in [0.25, 0.3) is 0 Å². The zero-order valence-corrected chi connectivity index (χ0v) is 15.5. The largest absolute Gasteiger partial charge is 0.416 e. The summed E-state index contributed by atoms with van der Waals surface area (Å²) in [6.07, 6.45) is 3.09. The summed E-state index contributed by atoms with van der Waals surface area (Å²) in [5, 5.41) is 0.258. The van der Waals surface area contributed by atoms with Gasteiger partial charge in [0.25, 0.3) is 0 Å². The molecule has 4 rings (SSSR count). The molecule has 0 N–H and O–H groups in total. The van der Waals surface area contributed by atoms with Gasteiger partial charge in [0, 0.05) is 17.6 Å². The van der Waals surface area contributed by atoms with Gasteiger partial charge in [-0.25, -0.2) is 0 Å². The summed E-state index contributed by atoms with van der Waals surface area (Å²) < 4.78 is 6.40. The van der Waals surface area contributed by atoms with E-state index < -0.39 is 8.32 Å². The molecule has 3 fully saturated rings. The van der Waals surface area contributed by atoms with Gasteiger partial charge in [-0.3, -0.25) is 4.79 Å². The summed E-state index contributed by atoms with van der Waals surface area (Å²) in [6, 6.07) is 9.76. The Hall–Kier alpha value is -0.933. The number of hydrogen-bond acceptors (Lipinski definition) is 2. The van der Waals surface area contributed by atoms with E-state index in [2.05, 4.69) is 33.9 Å². The molecule has 3 saturated carbocycles. The minimum absolute atomic E-state index is 0.0574. The van der Waals surface area contributed by atoms with Crippen molar-refractivity contribution in [3.8, 4) is 0 Å². The van der Waals surface area contributed by atoms with Crippen molar-refractivity contribution in [1.29, 1.82) is 0 Å². The normalized spacial score (nSPS) is 30.4. The van der Waals surface area contributed by atoms with E-state index in [9.17, 15) is 4.79 Å². The van der Waals surface area contributed by atoms with Crippen LogP contribution in [0.3, 0.4) is 0 Å². The van der Waals surface area contributed by atoms with Crippen molar-refractivity contribution in [2.75, 3.05) is 6.61 Å². The van der Waals surface area contributed by atoms with Crippen LogP contribution in [0.15, 0.2) is 30.3 Å². The van der Waals surface area contributed by atoms with E-state index >= 15 is 0 Å². The average Bonchev–Trinajstić information content (AvgIpc) is 2.35. The Bertz CT molecular complexity index is 563. The summed E-state index contributed by atoms with van der Waals surface area (Å²) in [4.78, 5) is 12.7. The lowest BCUT2D eigenvalue weighted by Crippen LogP contribution is -2.67. The standard InChI is InChI=1S/C19H28O2Si/c1-17(2,3)22(4,5)21-14-18-11-19(12-18,13-18)16(20)15-9-7-6-8-10-15/h6-10H,11-14H2,1-5H3. The van der Waals surface area contributed by atoms with Crippen LogP contribution in [0, 0.1) is 10.8 Å². The SMILES string of the molecule is CC(C)(C)[Si](C)(C)OCC12CC(C(=O)c3ccccc3)(C1)C2. The summed E-state index contributed by atoms with van der Waals surface area (Å²) in [7, 11) is -1.67. The molecule has 0 aromatic heterocycles. The van der Waals surface area contributed by atoms with Crippen molar-refractivity contribution in [2.45, 2.75) is 58.2 Å². The van der Waals surface area contributed by atoms with Crippen LogP contribution in [0.4, 0.5) is 0 Å². The first-order chi connectivity index (χ1) is 10.1. The highest BCUT2D eigenvalue weighted by Gasteiger charge is 2.71. The smallest absolute Gasteiger partial charge is 0.192 e. The second-order valence-electron chi connectivity index (χ2n) is 9.05. The highest BCUT2D eigenvalue weighted by molar-refractivity contribution is 6.74. The van der Waals surface area contributed by atoms with Crippen molar-refractivity contribution in [1.82, 2.24) is 0 Å². The number of benzene rings is 1. The summed E-state index contributed by atoms with van der Waals surface area (Å²) >= 11 is 0. The van der Waals surface area contributed by atoms with Crippen molar-refractivity contribution in [3.63, 3.8) is 0 Å². The van der Waals surface area contributed by atoms with Gasteiger partial charge < -0.3 is 4.43 Å². The van der Waals surface area contributed by atoms with Gasteiger partial charge in [0.1, 0.15) is 0 Å². The van der Waals surface area contributed by atoms with Crippen LogP contribution >= 0.6 is 0 Å². The molecule has 2 bridgehead atoms. The lowest BCUT2D eigenvalue weighted by Gasteiger charge is -2.70. The minimum atomic E-state index is -1.67. The number of carbonyl (C=O) groups excluding carboxylic acids is 1. The molecule has 1 aromatic rings. The Morgan fingerprint density at radius 3 is 2.18 bits per heavy atom. The monoisotopic (exact) mass is 316 g/mol. The molecule has 0 radical (unpaired) electrons. The molecule has 0 unspecified atom stereocenters. The van der Waals surface area contributed by atoms with E-state index in [1.807, 2.05) is 30.3 Å². The molecule has 0 amide bonds. The summed E-state index contributed by atoms with van der Waals surface area (Å²) in [6.45, 7) is 12.3. The Morgan fingerprint density at radius 2 is 1.68 bits per heavy atom. The molecule has 0 saturated heterocycles. The molecule has 0 heterocycles. The van der Waals surface area contributed by atoms with Gasteiger partial charge in [0.2, 0.25) is 0 Å². The van der Waals surface area contributed by atoms with Gasteiger partial charge in [-0.05, 0) is 42.8 Å². The maximum Gasteiger partial charge on any atom is 0.192 e. The third-order valence-corrected chi connectivity index (χ3v) is 10.7. The molecule has 22 heavy (non-hydrogen) atoms. The molecule has 0 atom stereocenters. The number of rotatable bonds is 5. The van der Waals surface area contributed by atoms with Crippen molar-refractivity contribution < 1.29 is 9.22 Å². The van der Waals surface area contributed by atoms with Gasteiger partial charge in [0.05, 0.1) is 0 Å². The molecule has 1 aromatic carbocycles. The van der Waals surface area contributed by atoms with Gasteiger partial charge in [-0.1, -0.05) is 51.1 Å². The first-order valence-corrected chi connectivity index (χ1v) is 11.2. The topological polar surface area (TPSA) is 26.3 Å². The summed E-state index contributed by atoms with van der Waals surface area (Å²) in [5.74, 6) is 0.349. The number of Topliss-reactive ketones (excluding diaryl/α,β-unsaturated/α-hetero) is 1. The predicted molar refractivity (Wildman–Crippen MR) is 92.6 cm³/mol. The fourth-order valence-corrected chi connectivity index (χ4v) is 4.94. The van der Waals surface area contributed by atoms with E-state index in [1.165, 1.54) is 0 Å². The van der Waals surface area contributed by atoms with Gasteiger partial charge in [-0.2, -0.15) is 0 Å². The Labute approximate surface area is 135 Å². The Balaban J connectivity index is 1.57. The molecule has 120 valence electrons. The zero-order valence-electron chi connectivity index (χ0n) is 14.5. The van der Waals surface area contributed by atoms with Crippen LogP contribution in [0.1, 0.15) is 50.4 Å². The van der Waals surface area contributed by atoms with Crippen LogP contribution < -0.4 is 0 Å². The number of carbonyl (C=O) groups is 1. The van der Waals surface area contributed by atoms with E-state index in [1.54, 1.807) is 0 Å². The quantitative estimate of drug-likeness (QED) is 0.560. The molecular formula is C19H28O2Si. The molecule has 0 spiro atoms. The van der Waals surface area contributed by atoms with E-state index in [0.29, 0.717) is 11.2 Å². The predicted octanol–water partition coefficient (Wildman–Crippen LogP) is 5.06. The maximum atomic E-state index is 12.7. The molecule has 0 aliphatic heterocycles. The fourth-order valence-electron chi connectivity index (χ4n) is 3.84. The van der Waals surface area contributed by atoms with Crippen molar-refractivity contribution in [2.24, 2.45) is 10.8 Å². The van der Waals surface area contributed by atoms with Gasteiger partial charge in [-0.15, -0.1) is 0 Å². The van der Waals surface area contributed by atoms with Gasteiger partial charge >= 0.3 is 0 Å².